The number of hydrogen-bond acceptors (Lipinski definition) is 2. The highest BCUT2D eigenvalue weighted by molar-refractivity contribution is 14.1. The second kappa shape index (κ2) is 5.81. The van der Waals surface area contributed by atoms with Crippen LogP contribution in [0.15, 0.2) is 45.3 Å². The molecule has 3 nitrogen and oxygen atoms in total. The van der Waals surface area contributed by atoms with Crippen LogP contribution in [-0.2, 0) is 11.3 Å². The van der Waals surface area contributed by atoms with Crippen molar-refractivity contribution in [2.45, 2.75) is 6.54 Å². The summed E-state index contributed by atoms with van der Waals surface area (Å²) in [5.41, 5.74) is 2.07. The lowest BCUT2D eigenvalue weighted by Gasteiger charge is -2.18. The lowest BCUT2D eigenvalue weighted by atomic mass is 10.1. The average molecular weight is 521 g/mol. The summed E-state index contributed by atoms with van der Waals surface area (Å²) < 4.78 is 2.63. The molecule has 3 rings (SSSR count). The van der Waals surface area contributed by atoms with Crippen molar-refractivity contribution in [1.29, 1.82) is 0 Å². The number of rotatable bonds is 2. The average Bonchev–Trinajstić information content (AvgIpc) is 2.67. The molecule has 1 aliphatic rings. The zero-order valence-electron chi connectivity index (χ0n) is 10.6. The quantitative estimate of drug-likeness (QED) is 0.430. The van der Waals surface area contributed by atoms with Crippen LogP contribution in [0.1, 0.15) is 15.9 Å². The molecule has 0 aliphatic carbocycles. The first kappa shape index (κ1) is 15.2. The lowest BCUT2D eigenvalue weighted by Crippen LogP contribution is -2.29. The first-order valence-electron chi connectivity index (χ1n) is 6.07. The van der Waals surface area contributed by atoms with Crippen molar-refractivity contribution in [3.8, 4) is 0 Å². The number of carbonyl (C=O) groups is 2. The molecule has 106 valence electrons. The van der Waals surface area contributed by atoms with Gasteiger partial charge in [-0.3, -0.25) is 14.5 Å². The topological polar surface area (TPSA) is 37.4 Å². The van der Waals surface area contributed by atoms with Crippen molar-refractivity contribution in [2.24, 2.45) is 0 Å². The van der Waals surface area contributed by atoms with Gasteiger partial charge in [-0.1, -0.05) is 28.1 Å². The van der Waals surface area contributed by atoms with Gasteiger partial charge in [0.25, 0.3) is 11.7 Å². The van der Waals surface area contributed by atoms with Gasteiger partial charge >= 0.3 is 0 Å². The molecule has 0 N–H and O–H groups in total. The highest BCUT2D eigenvalue weighted by Crippen LogP contribution is 2.39. The van der Waals surface area contributed by atoms with E-state index in [0.717, 1.165) is 18.1 Å². The predicted octanol–water partition coefficient (Wildman–Crippen LogP) is 4.55. The highest BCUT2D eigenvalue weighted by Gasteiger charge is 2.37. The summed E-state index contributed by atoms with van der Waals surface area (Å²) in [6.07, 6.45) is 0. The number of carbonyl (C=O) groups excluding carboxylic acids is 2. The number of ketones is 1. The van der Waals surface area contributed by atoms with Crippen LogP contribution in [-0.4, -0.2) is 11.7 Å². The minimum atomic E-state index is -0.484. The van der Waals surface area contributed by atoms with E-state index in [1.165, 1.54) is 4.90 Å². The van der Waals surface area contributed by atoms with E-state index in [1.54, 1.807) is 6.07 Å². The van der Waals surface area contributed by atoms with E-state index in [9.17, 15) is 9.59 Å². The fourth-order valence-corrected chi connectivity index (χ4v) is 4.07. The fourth-order valence-electron chi connectivity index (χ4n) is 2.28. The Morgan fingerprint density at radius 1 is 1.05 bits per heavy atom. The molecule has 2 aromatic rings. The van der Waals surface area contributed by atoms with E-state index in [1.807, 2.05) is 30.3 Å². The predicted molar refractivity (Wildman–Crippen MR) is 96.5 cm³/mol. The van der Waals surface area contributed by atoms with Gasteiger partial charge < -0.3 is 0 Å². The highest BCUT2D eigenvalue weighted by atomic mass is 127. The summed E-state index contributed by atoms with van der Waals surface area (Å²) >= 11 is 9.02. The SMILES string of the molecule is O=C1C(=O)N(Cc2ccc(I)cc2)c2c(Br)cc(Br)cc21. The van der Waals surface area contributed by atoms with Crippen LogP contribution in [0.4, 0.5) is 5.69 Å². The second-order valence-electron chi connectivity index (χ2n) is 4.63. The molecule has 0 aromatic heterocycles. The maximum atomic E-state index is 12.2. The van der Waals surface area contributed by atoms with Crippen LogP contribution in [0, 0.1) is 3.57 Å². The Balaban J connectivity index is 2.03. The zero-order chi connectivity index (χ0) is 15.1. The molecule has 0 fully saturated rings. The van der Waals surface area contributed by atoms with Gasteiger partial charge in [-0.2, -0.15) is 0 Å². The van der Waals surface area contributed by atoms with Gasteiger partial charge in [-0.25, -0.2) is 0 Å². The summed E-state index contributed by atoms with van der Waals surface area (Å²) in [6, 6.07) is 11.4. The van der Waals surface area contributed by atoms with Crippen LogP contribution in [0.2, 0.25) is 0 Å². The Bertz CT molecular complexity index is 759. The molecule has 0 spiro atoms. The molecule has 2 aromatic carbocycles. The normalized spacial score (nSPS) is 13.8. The van der Waals surface area contributed by atoms with E-state index < -0.39 is 11.7 Å². The summed E-state index contributed by atoms with van der Waals surface area (Å²) in [7, 11) is 0. The number of nitrogens with zero attached hydrogens (tertiary/aromatic N) is 1. The standard InChI is InChI=1S/C15H8Br2INO2/c16-9-5-11-13(12(17)6-9)19(15(21)14(11)20)7-8-1-3-10(18)4-2-8/h1-6H,7H2. The second-order valence-corrected chi connectivity index (χ2v) is 7.65. The number of benzene rings is 2. The maximum Gasteiger partial charge on any atom is 0.299 e. The molecular formula is C15H8Br2INO2. The van der Waals surface area contributed by atoms with Gasteiger partial charge in [0.1, 0.15) is 0 Å². The number of halogens is 3. The summed E-state index contributed by atoms with van der Waals surface area (Å²) in [5.74, 6) is -0.945. The van der Waals surface area contributed by atoms with E-state index in [4.69, 9.17) is 0 Å². The van der Waals surface area contributed by atoms with Crippen molar-refractivity contribution < 1.29 is 9.59 Å². The first-order valence-corrected chi connectivity index (χ1v) is 8.73. The van der Waals surface area contributed by atoms with Crippen molar-refractivity contribution in [3.63, 3.8) is 0 Å². The van der Waals surface area contributed by atoms with E-state index in [0.29, 0.717) is 17.8 Å². The molecule has 6 heteroatoms. The van der Waals surface area contributed by atoms with E-state index in [-0.39, 0.29) is 0 Å². The van der Waals surface area contributed by atoms with Gasteiger partial charge in [0.15, 0.2) is 0 Å². The molecule has 1 amide bonds. The summed E-state index contributed by atoms with van der Waals surface area (Å²) in [4.78, 5) is 25.9. The van der Waals surface area contributed by atoms with Crippen LogP contribution >= 0.6 is 54.5 Å². The molecule has 1 aliphatic heterocycles. The zero-order valence-corrected chi connectivity index (χ0v) is 15.9. The van der Waals surface area contributed by atoms with E-state index >= 15 is 0 Å². The lowest BCUT2D eigenvalue weighted by molar-refractivity contribution is -0.114. The minimum Gasteiger partial charge on any atom is -0.299 e. The molecular weight excluding hydrogens is 513 g/mol. The van der Waals surface area contributed by atoms with Gasteiger partial charge in [0.05, 0.1) is 17.8 Å². The third-order valence-electron chi connectivity index (χ3n) is 3.24. The van der Waals surface area contributed by atoms with Crippen molar-refractivity contribution >= 4 is 71.8 Å². The number of amides is 1. The molecule has 0 bridgehead atoms. The molecule has 0 unspecified atom stereocenters. The number of Topliss-reactive ketones (excluding diaryl/α,β-unsaturated/α-hetero) is 1. The number of fused-ring (bicyclic) bond motifs is 1. The minimum absolute atomic E-state index is 0.384. The maximum absolute atomic E-state index is 12.2. The van der Waals surface area contributed by atoms with Crippen LogP contribution in [0.5, 0.6) is 0 Å². The number of hydrogen-bond donors (Lipinski definition) is 0. The Kier molecular flexibility index (Phi) is 4.20. The smallest absolute Gasteiger partial charge is 0.299 e. The Morgan fingerprint density at radius 3 is 2.38 bits per heavy atom. The largest absolute Gasteiger partial charge is 0.299 e. The Labute approximate surface area is 152 Å². The molecule has 0 saturated carbocycles. The van der Waals surface area contributed by atoms with E-state index in [2.05, 4.69) is 54.5 Å². The summed E-state index contributed by atoms with van der Waals surface area (Å²) in [6.45, 7) is 0.384. The Hall–Kier alpha value is -0.730. The van der Waals surface area contributed by atoms with Crippen molar-refractivity contribution in [2.75, 3.05) is 4.90 Å². The van der Waals surface area contributed by atoms with Crippen molar-refractivity contribution in [3.05, 3.63) is 60.0 Å². The molecule has 0 radical (unpaired) electrons. The monoisotopic (exact) mass is 519 g/mol. The molecule has 0 saturated heterocycles. The third-order valence-corrected chi connectivity index (χ3v) is 5.02. The third kappa shape index (κ3) is 2.80. The van der Waals surface area contributed by atoms with Crippen LogP contribution < -0.4 is 4.90 Å². The van der Waals surface area contributed by atoms with Gasteiger partial charge in [-0.15, -0.1) is 0 Å². The number of anilines is 1. The van der Waals surface area contributed by atoms with Crippen LogP contribution in [0.3, 0.4) is 0 Å². The first-order chi connectivity index (χ1) is 9.97. The van der Waals surface area contributed by atoms with Crippen LogP contribution in [0.25, 0.3) is 0 Å². The molecule has 21 heavy (non-hydrogen) atoms. The van der Waals surface area contributed by atoms with Crippen molar-refractivity contribution in [1.82, 2.24) is 0 Å². The summed E-state index contributed by atoms with van der Waals surface area (Å²) in [5, 5.41) is 0. The van der Waals surface area contributed by atoms with Gasteiger partial charge in [-0.05, 0) is 68.3 Å². The van der Waals surface area contributed by atoms with Gasteiger partial charge in [0.2, 0.25) is 0 Å². The fraction of sp³-hybridized carbons (Fsp3) is 0.0667. The van der Waals surface area contributed by atoms with Gasteiger partial charge in [0, 0.05) is 12.5 Å². The molecule has 0 atom stereocenters. The Morgan fingerprint density at radius 2 is 1.71 bits per heavy atom. The molecule has 1 heterocycles.